The van der Waals surface area contributed by atoms with Crippen LogP contribution in [-0.2, 0) is 4.79 Å². The third-order valence-electron chi connectivity index (χ3n) is 2.70. The summed E-state index contributed by atoms with van der Waals surface area (Å²) in [4.78, 5) is 12.8. The number of carbonyl (C=O) groups is 1. The number of ether oxygens (including phenoxy) is 1. The number of nitrogens with one attached hydrogen (secondary N) is 1. The molecule has 0 radical (unpaired) electrons. The number of halogens is 1. The van der Waals surface area contributed by atoms with Crippen LogP contribution in [0.15, 0.2) is 47.4 Å². The second kappa shape index (κ2) is 7.24. The number of nitrogens with two attached hydrogens (primary N) is 1. The molecule has 2 aromatic carbocycles. The lowest BCUT2D eigenvalue weighted by Gasteiger charge is -2.10. The minimum atomic E-state index is -0.127. The minimum absolute atomic E-state index is 0.127. The van der Waals surface area contributed by atoms with Crippen molar-refractivity contribution in [2.24, 2.45) is 0 Å². The molecule has 2 rings (SSSR count). The van der Waals surface area contributed by atoms with E-state index in [1.807, 2.05) is 12.1 Å². The highest BCUT2D eigenvalue weighted by molar-refractivity contribution is 8.00. The number of nitrogen functional groups attached to an aromatic ring is 1. The van der Waals surface area contributed by atoms with Crippen molar-refractivity contribution < 1.29 is 9.53 Å². The van der Waals surface area contributed by atoms with E-state index in [4.69, 9.17) is 22.1 Å². The molecular formula is C15H15ClN2O2S. The first-order valence-corrected chi connectivity index (χ1v) is 7.57. The minimum Gasteiger partial charge on any atom is -0.495 e. The molecule has 6 heteroatoms. The molecule has 0 heterocycles. The molecule has 0 aliphatic heterocycles. The molecule has 0 bridgehead atoms. The number of thioether (sulfide) groups is 1. The number of rotatable bonds is 5. The van der Waals surface area contributed by atoms with E-state index in [2.05, 4.69) is 5.32 Å². The van der Waals surface area contributed by atoms with E-state index in [9.17, 15) is 4.79 Å². The quantitative estimate of drug-likeness (QED) is 0.651. The number of hydrogen-bond donors (Lipinski definition) is 2. The molecule has 0 aromatic heterocycles. The summed E-state index contributed by atoms with van der Waals surface area (Å²) in [5, 5.41) is 3.36. The first-order valence-electron chi connectivity index (χ1n) is 6.21. The first kappa shape index (κ1) is 15.5. The number of amides is 1. The summed E-state index contributed by atoms with van der Waals surface area (Å²) in [5.41, 5.74) is 6.88. The van der Waals surface area contributed by atoms with Gasteiger partial charge in [-0.15, -0.1) is 11.8 Å². The lowest BCUT2D eigenvalue weighted by molar-refractivity contribution is -0.113. The van der Waals surface area contributed by atoms with Gasteiger partial charge < -0.3 is 15.8 Å². The standard InChI is InChI=1S/C15H15ClN2O2S/c1-20-13-5-3-2-4-12(13)18-15(19)9-21-14-7-6-10(17)8-11(14)16/h2-8H,9,17H2,1H3,(H,18,19). The maximum absolute atomic E-state index is 12.0. The average molecular weight is 323 g/mol. The van der Waals surface area contributed by atoms with Crippen LogP contribution in [0.3, 0.4) is 0 Å². The molecule has 1 amide bonds. The number of anilines is 2. The van der Waals surface area contributed by atoms with Gasteiger partial charge in [-0.25, -0.2) is 0 Å². The SMILES string of the molecule is COc1ccccc1NC(=O)CSc1ccc(N)cc1Cl. The summed E-state index contributed by atoms with van der Waals surface area (Å²) < 4.78 is 5.18. The molecule has 0 atom stereocenters. The fourth-order valence-electron chi connectivity index (χ4n) is 1.71. The van der Waals surface area contributed by atoms with Crippen LogP contribution in [0.1, 0.15) is 0 Å². The van der Waals surface area contributed by atoms with Crippen LogP contribution >= 0.6 is 23.4 Å². The van der Waals surface area contributed by atoms with Gasteiger partial charge in [-0.05, 0) is 30.3 Å². The van der Waals surface area contributed by atoms with Gasteiger partial charge in [0.1, 0.15) is 5.75 Å². The Morgan fingerprint density at radius 2 is 2.10 bits per heavy atom. The third kappa shape index (κ3) is 4.31. The number of methoxy groups -OCH3 is 1. The van der Waals surface area contributed by atoms with E-state index in [0.717, 1.165) is 4.90 Å². The van der Waals surface area contributed by atoms with Crippen molar-refractivity contribution in [2.75, 3.05) is 23.9 Å². The largest absolute Gasteiger partial charge is 0.495 e. The van der Waals surface area contributed by atoms with E-state index >= 15 is 0 Å². The van der Waals surface area contributed by atoms with E-state index in [1.54, 1.807) is 37.4 Å². The summed E-state index contributed by atoms with van der Waals surface area (Å²) in [5.74, 6) is 0.751. The van der Waals surface area contributed by atoms with Crippen molar-refractivity contribution in [1.82, 2.24) is 0 Å². The topological polar surface area (TPSA) is 64.3 Å². The smallest absolute Gasteiger partial charge is 0.234 e. The van der Waals surface area contributed by atoms with Crippen molar-refractivity contribution in [2.45, 2.75) is 4.90 Å². The van der Waals surface area contributed by atoms with Crippen LogP contribution < -0.4 is 15.8 Å². The van der Waals surface area contributed by atoms with Crippen LogP contribution in [0.25, 0.3) is 0 Å². The fourth-order valence-corrected chi connectivity index (χ4v) is 2.78. The van der Waals surface area contributed by atoms with Gasteiger partial charge >= 0.3 is 0 Å². The summed E-state index contributed by atoms with van der Waals surface area (Å²) in [6.45, 7) is 0. The zero-order chi connectivity index (χ0) is 15.2. The van der Waals surface area contributed by atoms with E-state index in [1.165, 1.54) is 11.8 Å². The zero-order valence-corrected chi connectivity index (χ0v) is 13.0. The highest BCUT2D eigenvalue weighted by Gasteiger charge is 2.09. The van der Waals surface area contributed by atoms with Gasteiger partial charge in [0.25, 0.3) is 0 Å². The van der Waals surface area contributed by atoms with E-state index < -0.39 is 0 Å². The Labute approximate surface area is 132 Å². The predicted molar refractivity (Wildman–Crippen MR) is 88.2 cm³/mol. The normalized spacial score (nSPS) is 10.2. The van der Waals surface area contributed by atoms with Crippen molar-refractivity contribution in [3.63, 3.8) is 0 Å². The van der Waals surface area contributed by atoms with Gasteiger partial charge in [0.05, 0.1) is 23.6 Å². The molecule has 0 unspecified atom stereocenters. The van der Waals surface area contributed by atoms with Gasteiger partial charge in [-0.2, -0.15) is 0 Å². The molecule has 110 valence electrons. The molecule has 0 saturated heterocycles. The van der Waals surface area contributed by atoms with Gasteiger partial charge in [0.2, 0.25) is 5.91 Å². The number of para-hydroxylation sites is 2. The summed E-state index contributed by atoms with van der Waals surface area (Å²) >= 11 is 7.42. The molecule has 21 heavy (non-hydrogen) atoms. The van der Waals surface area contributed by atoms with Crippen LogP contribution in [0.2, 0.25) is 5.02 Å². The van der Waals surface area contributed by atoms with Gasteiger partial charge in [-0.1, -0.05) is 23.7 Å². The summed E-state index contributed by atoms with van der Waals surface area (Å²) in [7, 11) is 1.56. The van der Waals surface area contributed by atoms with Crippen LogP contribution in [0, 0.1) is 0 Å². The summed E-state index contributed by atoms with van der Waals surface area (Å²) in [6.07, 6.45) is 0. The highest BCUT2D eigenvalue weighted by atomic mass is 35.5. The maximum atomic E-state index is 12.0. The Morgan fingerprint density at radius 3 is 2.81 bits per heavy atom. The van der Waals surface area contributed by atoms with E-state index in [0.29, 0.717) is 22.1 Å². The first-order chi connectivity index (χ1) is 10.1. The van der Waals surface area contributed by atoms with Crippen molar-refractivity contribution in [1.29, 1.82) is 0 Å². The molecule has 0 fully saturated rings. The molecule has 4 nitrogen and oxygen atoms in total. The number of benzene rings is 2. The Bertz CT molecular complexity index is 649. The number of carbonyl (C=O) groups excluding carboxylic acids is 1. The molecule has 0 spiro atoms. The van der Waals surface area contributed by atoms with Gasteiger partial charge in [0.15, 0.2) is 0 Å². The van der Waals surface area contributed by atoms with Crippen molar-refractivity contribution >= 4 is 40.6 Å². The van der Waals surface area contributed by atoms with Gasteiger partial charge in [0, 0.05) is 10.6 Å². The van der Waals surface area contributed by atoms with E-state index in [-0.39, 0.29) is 11.7 Å². The molecule has 0 saturated carbocycles. The average Bonchev–Trinajstić information content (AvgIpc) is 2.47. The highest BCUT2D eigenvalue weighted by Crippen LogP contribution is 2.29. The summed E-state index contributed by atoms with van der Waals surface area (Å²) in [6, 6.07) is 12.5. The Morgan fingerprint density at radius 1 is 1.33 bits per heavy atom. The van der Waals surface area contributed by atoms with Crippen molar-refractivity contribution in [3.8, 4) is 5.75 Å². The number of hydrogen-bond acceptors (Lipinski definition) is 4. The molecular weight excluding hydrogens is 308 g/mol. The molecule has 2 aromatic rings. The third-order valence-corrected chi connectivity index (χ3v) is 4.19. The Hall–Kier alpha value is -1.85. The van der Waals surface area contributed by atoms with Crippen LogP contribution in [0.4, 0.5) is 11.4 Å². The van der Waals surface area contributed by atoms with Gasteiger partial charge in [-0.3, -0.25) is 4.79 Å². The van der Waals surface area contributed by atoms with Crippen LogP contribution in [-0.4, -0.2) is 18.8 Å². The lowest BCUT2D eigenvalue weighted by Crippen LogP contribution is -2.14. The second-order valence-electron chi connectivity index (χ2n) is 4.23. The predicted octanol–water partition coefficient (Wildman–Crippen LogP) is 3.66. The maximum Gasteiger partial charge on any atom is 0.234 e. The molecule has 0 aliphatic carbocycles. The second-order valence-corrected chi connectivity index (χ2v) is 5.65. The van der Waals surface area contributed by atoms with Crippen LogP contribution in [0.5, 0.6) is 5.75 Å². The fraction of sp³-hybridized carbons (Fsp3) is 0.133. The molecule has 3 N–H and O–H groups in total. The Balaban J connectivity index is 1.96. The molecule has 0 aliphatic rings. The van der Waals surface area contributed by atoms with Crippen molar-refractivity contribution in [3.05, 3.63) is 47.5 Å². The monoisotopic (exact) mass is 322 g/mol. The zero-order valence-electron chi connectivity index (χ0n) is 11.4. The lowest BCUT2D eigenvalue weighted by atomic mass is 10.3. The Kier molecular flexibility index (Phi) is 5.36.